The first-order valence-corrected chi connectivity index (χ1v) is 7.88. The van der Waals surface area contributed by atoms with Crippen molar-refractivity contribution in [2.45, 2.75) is 13.0 Å². The highest BCUT2D eigenvalue weighted by molar-refractivity contribution is 5.94. The molecule has 0 bridgehead atoms. The number of rotatable bonds is 6. The Balaban J connectivity index is 1.80. The molecule has 0 atom stereocenters. The number of aromatic nitrogens is 1. The number of pyridine rings is 1. The second-order valence-electron chi connectivity index (χ2n) is 5.20. The molecule has 24 heavy (non-hydrogen) atoms. The van der Waals surface area contributed by atoms with Gasteiger partial charge in [-0.05, 0) is 36.2 Å². The summed E-state index contributed by atoms with van der Waals surface area (Å²) in [6.45, 7) is 1.34. The number of guanidine groups is 1. The summed E-state index contributed by atoms with van der Waals surface area (Å²) in [6, 6.07) is 13.4. The number of carbonyl (C=O) groups excluding carboxylic acids is 1. The molecule has 6 heteroatoms. The van der Waals surface area contributed by atoms with Crippen molar-refractivity contribution in [2.75, 3.05) is 20.6 Å². The van der Waals surface area contributed by atoms with Crippen molar-refractivity contribution in [3.63, 3.8) is 0 Å². The average molecular weight is 325 g/mol. The van der Waals surface area contributed by atoms with E-state index < -0.39 is 0 Å². The molecule has 0 unspecified atom stereocenters. The number of hydrogen-bond acceptors (Lipinski definition) is 3. The van der Waals surface area contributed by atoms with E-state index in [1.54, 1.807) is 20.3 Å². The summed E-state index contributed by atoms with van der Waals surface area (Å²) < 4.78 is 0. The second-order valence-corrected chi connectivity index (χ2v) is 5.20. The summed E-state index contributed by atoms with van der Waals surface area (Å²) in [5.41, 5.74) is 2.73. The van der Waals surface area contributed by atoms with Crippen molar-refractivity contribution < 1.29 is 4.79 Å². The zero-order valence-corrected chi connectivity index (χ0v) is 14.0. The summed E-state index contributed by atoms with van der Waals surface area (Å²) in [4.78, 5) is 20.1. The molecule has 1 heterocycles. The van der Waals surface area contributed by atoms with Crippen LogP contribution in [0.4, 0.5) is 0 Å². The number of aliphatic imine (C=N–C) groups is 1. The van der Waals surface area contributed by atoms with Crippen LogP contribution in [0, 0.1) is 0 Å². The van der Waals surface area contributed by atoms with Gasteiger partial charge in [0.2, 0.25) is 0 Å². The topological polar surface area (TPSA) is 78.4 Å². The van der Waals surface area contributed by atoms with Crippen LogP contribution in [0.1, 0.15) is 21.6 Å². The van der Waals surface area contributed by atoms with E-state index in [0.29, 0.717) is 12.1 Å². The monoisotopic (exact) mass is 325 g/mol. The normalized spacial score (nSPS) is 11.0. The molecule has 2 rings (SSSR count). The molecular formula is C18H23N5O. The number of benzene rings is 1. The van der Waals surface area contributed by atoms with Gasteiger partial charge in [-0.25, -0.2) is 0 Å². The predicted octanol–water partition coefficient (Wildman–Crippen LogP) is 1.35. The number of carbonyl (C=O) groups is 1. The van der Waals surface area contributed by atoms with Crippen molar-refractivity contribution in [2.24, 2.45) is 4.99 Å². The van der Waals surface area contributed by atoms with Crippen LogP contribution in [0.15, 0.2) is 53.7 Å². The Bertz CT molecular complexity index is 685. The highest BCUT2D eigenvalue weighted by Crippen LogP contribution is 2.05. The maximum absolute atomic E-state index is 11.7. The van der Waals surface area contributed by atoms with Gasteiger partial charge in [0.1, 0.15) is 0 Å². The SMILES string of the molecule is CN=C(NCCc1cccc(C(=O)NC)c1)NCc1ccccn1. The van der Waals surface area contributed by atoms with Crippen LogP contribution in [-0.2, 0) is 13.0 Å². The molecule has 0 fully saturated rings. The highest BCUT2D eigenvalue weighted by atomic mass is 16.1. The molecule has 0 aliphatic rings. The van der Waals surface area contributed by atoms with Crippen LogP contribution in [-0.4, -0.2) is 37.5 Å². The first-order valence-electron chi connectivity index (χ1n) is 7.88. The Kier molecular flexibility index (Phi) is 6.76. The maximum atomic E-state index is 11.7. The summed E-state index contributed by atoms with van der Waals surface area (Å²) in [5.74, 6) is 0.653. The van der Waals surface area contributed by atoms with Crippen LogP contribution in [0.25, 0.3) is 0 Å². The molecule has 0 spiro atoms. The lowest BCUT2D eigenvalue weighted by molar-refractivity contribution is 0.0963. The largest absolute Gasteiger partial charge is 0.356 e. The van der Waals surface area contributed by atoms with Gasteiger partial charge >= 0.3 is 0 Å². The average Bonchev–Trinajstić information content (AvgIpc) is 2.65. The van der Waals surface area contributed by atoms with Crippen molar-refractivity contribution in [1.29, 1.82) is 0 Å². The minimum atomic E-state index is -0.0716. The maximum Gasteiger partial charge on any atom is 0.251 e. The molecule has 0 aliphatic heterocycles. The molecule has 6 nitrogen and oxygen atoms in total. The lowest BCUT2D eigenvalue weighted by atomic mass is 10.1. The molecule has 0 aliphatic carbocycles. The number of amides is 1. The smallest absolute Gasteiger partial charge is 0.251 e. The minimum absolute atomic E-state index is 0.0716. The molecule has 0 radical (unpaired) electrons. The molecule has 2 aromatic rings. The molecule has 1 aromatic carbocycles. The third-order valence-electron chi connectivity index (χ3n) is 3.51. The van der Waals surface area contributed by atoms with Crippen molar-refractivity contribution in [1.82, 2.24) is 20.9 Å². The summed E-state index contributed by atoms with van der Waals surface area (Å²) >= 11 is 0. The van der Waals surface area contributed by atoms with Crippen LogP contribution < -0.4 is 16.0 Å². The predicted molar refractivity (Wildman–Crippen MR) is 96.0 cm³/mol. The standard InChI is InChI=1S/C18H23N5O/c1-19-17(24)15-7-5-6-14(12-15)9-11-22-18(20-2)23-13-16-8-3-4-10-21-16/h3-8,10,12H,9,11,13H2,1-2H3,(H,19,24)(H2,20,22,23). The van der Waals surface area contributed by atoms with Gasteiger partial charge in [-0.15, -0.1) is 0 Å². The van der Waals surface area contributed by atoms with Gasteiger partial charge in [-0.2, -0.15) is 0 Å². The van der Waals surface area contributed by atoms with Crippen LogP contribution in [0.3, 0.4) is 0 Å². The van der Waals surface area contributed by atoms with Gasteiger partial charge in [-0.1, -0.05) is 18.2 Å². The minimum Gasteiger partial charge on any atom is -0.356 e. The summed E-state index contributed by atoms with van der Waals surface area (Å²) in [7, 11) is 3.37. The van der Waals surface area contributed by atoms with E-state index in [1.165, 1.54) is 0 Å². The quantitative estimate of drug-likeness (QED) is 0.553. The number of nitrogens with zero attached hydrogens (tertiary/aromatic N) is 2. The third-order valence-corrected chi connectivity index (χ3v) is 3.51. The Morgan fingerprint density at radius 1 is 1.17 bits per heavy atom. The van der Waals surface area contributed by atoms with E-state index in [4.69, 9.17) is 0 Å². The van der Waals surface area contributed by atoms with Crippen LogP contribution >= 0.6 is 0 Å². The Morgan fingerprint density at radius 3 is 2.75 bits per heavy atom. The fraction of sp³-hybridized carbons (Fsp3) is 0.278. The molecule has 1 aromatic heterocycles. The number of nitrogens with one attached hydrogen (secondary N) is 3. The van der Waals surface area contributed by atoms with E-state index in [-0.39, 0.29) is 5.91 Å². The highest BCUT2D eigenvalue weighted by Gasteiger charge is 2.04. The van der Waals surface area contributed by atoms with Gasteiger partial charge in [0.25, 0.3) is 5.91 Å². The van der Waals surface area contributed by atoms with Crippen LogP contribution in [0.5, 0.6) is 0 Å². The molecule has 126 valence electrons. The van der Waals surface area contributed by atoms with E-state index in [2.05, 4.69) is 25.9 Å². The summed E-state index contributed by atoms with van der Waals surface area (Å²) in [6.07, 6.45) is 2.57. The molecule has 0 saturated heterocycles. The van der Waals surface area contributed by atoms with Gasteiger partial charge in [0.15, 0.2) is 5.96 Å². The Morgan fingerprint density at radius 2 is 2.04 bits per heavy atom. The van der Waals surface area contributed by atoms with Gasteiger partial charge < -0.3 is 16.0 Å². The van der Waals surface area contributed by atoms with Crippen molar-refractivity contribution in [3.8, 4) is 0 Å². The lowest BCUT2D eigenvalue weighted by Gasteiger charge is -2.12. The van der Waals surface area contributed by atoms with Gasteiger partial charge in [0, 0.05) is 32.4 Å². The van der Waals surface area contributed by atoms with E-state index in [1.807, 2.05) is 42.5 Å². The third kappa shape index (κ3) is 5.39. The van der Waals surface area contributed by atoms with E-state index in [9.17, 15) is 4.79 Å². The van der Waals surface area contributed by atoms with Gasteiger partial charge in [-0.3, -0.25) is 14.8 Å². The zero-order valence-electron chi connectivity index (χ0n) is 14.0. The molecule has 1 amide bonds. The second kappa shape index (κ2) is 9.29. The zero-order chi connectivity index (χ0) is 17.2. The lowest BCUT2D eigenvalue weighted by Crippen LogP contribution is -2.38. The fourth-order valence-electron chi connectivity index (χ4n) is 2.24. The number of hydrogen-bond donors (Lipinski definition) is 3. The Labute approximate surface area is 142 Å². The van der Waals surface area contributed by atoms with Crippen molar-refractivity contribution >= 4 is 11.9 Å². The van der Waals surface area contributed by atoms with Crippen LogP contribution in [0.2, 0.25) is 0 Å². The van der Waals surface area contributed by atoms with Crippen molar-refractivity contribution in [3.05, 3.63) is 65.5 Å². The molecule has 0 saturated carbocycles. The molecule has 3 N–H and O–H groups in total. The Hall–Kier alpha value is -2.89. The first-order chi connectivity index (χ1) is 11.7. The fourth-order valence-corrected chi connectivity index (χ4v) is 2.24. The van der Waals surface area contributed by atoms with E-state index >= 15 is 0 Å². The molecular weight excluding hydrogens is 302 g/mol. The first kappa shape index (κ1) is 17.5. The van der Waals surface area contributed by atoms with E-state index in [0.717, 1.165) is 30.2 Å². The van der Waals surface area contributed by atoms with Gasteiger partial charge in [0.05, 0.1) is 12.2 Å². The summed E-state index contributed by atoms with van der Waals surface area (Å²) in [5, 5.41) is 9.12.